The van der Waals surface area contributed by atoms with Crippen molar-refractivity contribution in [1.82, 2.24) is 10.2 Å². The lowest BCUT2D eigenvalue weighted by molar-refractivity contribution is -0.140. The fourth-order valence-corrected chi connectivity index (χ4v) is 5.23. The first kappa shape index (κ1) is 29.5. The second-order valence-corrected chi connectivity index (χ2v) is 11.5. The lowest BCUT2D eigenvalue weighted by Gasteiger charge is -2.33. The van der Waals surface area contributed by atoms with Gasteiger partial charge in [0.05, 0.1) is 11.9 Å². The van der Waals surface area contributed by atoms with Gasteiger partial charge in [0, 0.05) is 33.2 Å². The van der Waals surface area contributed by atoms with E-state index >= 15 is 0 Å². The number of nitrogens with one attached hydrogen (secondary N) is 1. The molecule has 0 saturated heterocycles. The van der Waals surface area contributed by atoms with E-state index in [1.54, 1.807) is 19.1 Å². The molecule has 0 aromatic heterocycles. The van der Waals surface area contributed by atoms with E-state index in [4.69, 9.17) is 46.4 Å². The number of sulfonamides is 1. The van der Waals surface area contributed by atoms with Crippen LogP contribution in [0.2, 0.25) is 20.1 Å². The highest BCUT2D eigenvalue weighted by atomic mass is 35.5. The van der Waals surface area contributed by atoms with Gasteiger partial charge in [-0.3, -0.25) is 13.9 Å². The molecule has 192 valence electrons. The van der Waals surface area contributed by atoms with E-state index in [0.29, 0.717) is 28.6 Å². The first-order chi connectivity index (χ1) is 16.4. The monoisotopic (exact) mass is 581 g/mol. The molecule has 1 atom stereocenters. The van der Waals surface area contributed by atoms with E-state index in [1.165, 1.54) is 29.2 Å². The van der Waals surface area contributed by atoms with Gasteiger partial charge in [-0.25, -0.2) is 8.42 Å². The summed E-state index contributed by atoms with van der Waals surface area (Å²) in [6.45, 7) is 3.53. The number of hydrogen-bond acceptors (Lipinski definition) is 4. The minimum atomic E-state index is -3.91. The molecular formula is C23H27Cl4N3O4S. The zero-order valence-electron chi connectivity index (χ0n) is 19.5. The molecule has 0 fully saturated rings. The number of amides is 2. The molecule has 0 saturated carbocycles. The molecule has 0 aliphatic rings. The zero-order valence-corrected chi connectivity index (χ0v) is 23.4. The summed E-state index contributed by atoms with van der Waals surface area (Å²) in [5, 5.41) is 3.97. The Morgan fingerprint density at radius 3 is 2.11 bits per heavy atom. The van der Waals surface area contributed by atoms with Crippen molar-refractivity contribution in [3.8, 4) is 0 Å². The summed E-state index contributed by atoms with van der Waals surface area (Å²) in [7, 11) is -3.91. The molecule has 1 N–H and O–H groups in total. The van der Waals surface area contributed by atoms with Crippen molar-refractivity contribution in [2.45, 2.75) is 39.3 Å². The van der Waals surface area contributed by atoms with Crippen LogP contribution in [0.3, 0.4) is 0 Å². The molecule has 0 aliphatic carbocycles. The Kier molecular flexibility index (Phi) is 11.0. The number of anilines is 1. The summed E-state index contributed by atoms with van der Waals surface area (Å²) in [6, 6.07) is 8.21. The third-order valence-electron chi connectivity index (χ3n) is 5.11. The van der Waals surface area contributed by atoms with Crippen molar-refractivity contribution in [3.63, 3.8) is 0 Å². The molecule has 2 aromatic rings. The van der Waals surface area contributed by atoms with Gasteiger partial charge in [-0.15, -0.1) is 0 Å². The van der Waals surface area contributed by atoms with Crippen LogP contribution in [0.1, 0.15) is 32.3 Å². The van der Waals surface area contributed by atoms with Gasteiger partial charge in [0.25, 0.3) is 0 Å². The second-order valence-electron chi connectivity index (χ2n) is 7.87. The number of nitrogens with zero attached hydrogens (tertiary/aromatic N) is 2. The quantitative estimate of drug-likeness (QED) is 0.384. The van der Waals surface area contributed by atoms with Crippen molar-refractivity contribution >= 4 is 73.9 Å². The predicted molar refractivity (Wildman–Crippen MR) is 143 cm³/mol. The summed E-state index contributed by atoms with van der Waals surface area (Å²) in [6.07, 6.45) is 1.99. The standard InChI is InChI=1S/C23H27Cl4N3O4S/c1-4-8-28-23(32)21(5-2)29(13-15-6-7-16(24)12-20(15)27)22(31)14-30(35(3,33)34)19-10-17(25)9-18(26)11-19/h6-7,9-12,21H,4-5,8,13-14H2,1-3H3,(H,28,32). The van der Waals surface area contributed by atoms with Crippen molar-refractivity contribution in [2.24, 2.45) is 0 Å². The first-order valence-electron chi connectivity index (χ1n) is 10.8. The molecule has 35 heavy (non-hydrogen) atoms. The van der Waals surface area contributed by atoms with Crippen LogP contribution >= 0.6 is 46.4 Å². The van der Waals surface area contributed by atoms with Crippen molar-refractivity contribution in [3.05, 3.63) is 62.1 Å². The SMILES string of the molecule is CCCNC(=O)C(CC)N(Cc1ccc(Cl)cc1Cl)C(=O)CN(c1cc(Cl)cc(Cl)c1)S(C)(=O)=O. The van der Waals surface area contributed by atoms with Gasteiger partial charge in [-0.2, -0.15) is 0 Å². The van der Waals surface area contributed by atoms with E-state index in [-0.39, 0.29) is 28.2 Å². The number of halogens is 4. The highest BCUT2D eigenvalue weighted by Gasteiger charge is 2.32. The number of benzene rings is 2. The van der Waals surface area contributed by atoms with Gasteiger partial charge in [0.1, 0.15) is 12.6 Å². The maximum atomic E-state index is 13.6. The van der Waals surface area contributed by atoms with Crippen molar-refractivity contribution < 1.29 is 18.0 Å². The molecule has 2 amide bonds. The van der Waals surface area contributed by atoms with E-state index < -0.39 is 28.5 Å². The molecule has 0 bridgehead atoms. The lowest BCUT2D eigenvalue weighted by Crippen LogP contribution is -2.52. The van der Waals surface area contributed by atoms with Crippen molar-refractivity contribution in [2.75, 3.05) is 23.7 Å². The van der Waals surface area contributed by atoms with Crippen molar-refractivity contribution in [1.29, 1.82) is 0 Å². The number of hydrogen-bond donors (Lipinski definition) is 1. The number of carbonyl (C=O) groups is 2. The van der Waals surface area contributed by atoms with Crippen LogP contribution in [0.4, 0.5) is 5.69 Å². The molecule has 2 rings (SSSR count). The smallest absolute Gasteiger partial charge is 0.244 e. The largest absolute Gasteiger partial charge is 0.354 e. The van der Waals surface area contributed by atoms with Gasteiger partial charge in [0.15, 0.2) is 0 Å². The van der Waals surface area contributed by atoms with Gasteiger partial charge in [-0.05, 0) is 48.7 Å². The van der Waals surface area contributed by atoms with Crippen LogP contribution in [-0.4, -0.2) is 50.5 Å². The van der Waals surface area contributed by atoms with E-state index in [0.717, 1.165) is 17.0 Å². The summed E-state index contributed by atoms with van der Waals surface area (Å²) in [5.41, 5.74) is 0.689. The second kappa shape index (κ2) is 13.0. The van der Waals surface area contributed by atoms with Crippen LogP contribution in [0, 0.1) is 0 Å². The summed E-state index contributed by atoms with van der Waals surface area (Å²) >= 11 is 24.5. The predicted octanol–water partition coefficient (Wildman–Crippen LogP) is 5.40. The zero-order chi connectivity index (χ0) is 26.3. The van der Waals surface area contributed by atoms with Gasteiger partial charge >= 0.3 is 0 Å². The summed E-state index contributed by atoms with van der Waals surface area (Å²) < 4.78 is 26.2. The Morgan fingerprint density at radius 1 is 0.971 bits per heavy atom. The molecular weight excluding hydrogens is 556 g/mol. The fourth-order valence-electron chi connectivity index (χ4n) is 3.42. The van der Waals surface area contributed by atoms with Gasteiger partial charge in [-0.1, -0.05) is 66.3 Å². The topological polar surface area (TPSA) is 86.8 Å². The molecule has 0 radical (unpaired) electrons. The Labute approximate surface area is 226 Å². The highest BCUT2D eigenvalue weighted by Crippen LogP contribution is 2.28. The van der Waals surface area contributed by atoms with E-state index in [9.17, 15) is 18.0 Å². The lowest BCUT2D eigenvalue weighted by atomic mass is 10.1. The van der Waals surface area contributed by atoms with Crippen LogP contribution in [0.15, 0.2) is 36.4 Å². The van der Waals surface area contributed by atoms with Crippen LogP contribution in [0.25, 0.3) is 0 Å². The summed E-state index contributed by atoms with van der Waals surface area (Å²) in [5.74, 6) is -0.944. The normalized spacial score (nSPS) is 12.2. The summed E-state index contributed by atoms with van der Waals surface area (Å²) in [4.78, 5) is 27.9. The Hall–Kier alpha value is -1.71. The van der Waals surface area contributed by atoms with Gasteiger partial charge in [0.2, 0.25) is 21.8 Å². The molecule has 0 heterocycles. The molecule has 1 unspecified atom stereocenters. The van der Waals surface area contributed by atoms with E-state index in [1.807, 2.05) is 6.92 Å². The molecule has 0 spiro atoms. The maximum absolute atomic E-state index is 13.6. The molecule has 12 heteroatoms. The molecule has 0 aliphatic heterocycles. The third kappa shape index (κ3) is 8.43. The Balaban J connectivity index is 2.49. The Bertz CT molecular complexity index is 1160. The van der Waals surface area contributed by atoms with Crippen LogP contribution < -0.4 is 9.62 Å². The average Bonchev–Trinajstić information content (AvgIpc) is 2.75. The first-order valence-corrected chi connectivity index (χ1v) is 14.2. The fraction of sp³-hybridized carbons (Fsp3) is 0.391. The average molecular weight is 583 g/mol. The van der Waals surface area contributed by atoms with E-state index in [2.05, 4.69) is 5.32 Å². The highest BCUT2D eigenvalue weighted by molar-refractivity contribution is 7.92. The van der Waals surface area contributed by atoms with Crippen LogP contribution in [0.5, 0.6) is 0 Å². The van der Waals surface area contributed by atoms with Crippen LogP contribution in [-0.2, 0) is 26.2 Å². The molecule has 2 aromatic carbocycles. The maximum Gasteiger partial charge on any atom is 0.244 e. The Morgan fingerprint density at radius 2 is 1.60 bits per heavy atom. The third-order valence-corrected chi connectivity index (χ3v) is 7.27. The number of carbonyl (C=O) groups excluding carboxylic acids is 2. The van der Waals surface area contributed by atoms with Gasteiger partial charge < -0.3 is 10.2 Å². The minimum absolute atomic E-state index is 0.0270. The minimum Gasteiger partial charge on any atom is -0.354 e. The number of rotatable bonds is 11. The molecule has 7 nitrogen and oxygen atoms in total.